The molecule has 0 bridgehead atoms. The van der Waals surface area contributed by atoms with Gasteiger partial charge in [-0.3, -0.25) is 9.36 Å². The fourth-order valence-electron chi connectivity index (χ4n) is 1.87. The number of halogens is 3. The Hall–Kier alpha value is -2.15. The van der Waals surface area contributed by atoms with E-state index in [1.165, 1.54) is 24.5 Å². The third-order valence-electron chi connectivity index (χ3n) is 2.98. The van der Waals surface area contributed by atoms with Gasteiger partial charge in [0, 0.05) is 11.8 Å². The summed E-state index contributed by atoms with van der Waals surface area (Å²) in [6.07, 6.45) is -4.44. The van der Waals surface area contributed by atoms with Crippen LogP contribution in [0.1, 0.15) is 22.9 Å². The van der Waals surface area contributed by atoms with Crippen molar-refractivity contribution in [3.63, 3.8) is 0 Å². The van der Waals surface area contributed by atoms with E-state index in [2.05, 4.69) is 4.98 Å². The standard InChI is InChI=1S/C14H13F3N2O2/c1-9-5-13(21)19(8-18-9)7-12(20)10-3-2-4-11(6-10)14(15,16)17/h2-6,8,12,20H,7H2,1H3. The highest BCUT2D eigenvalue weighted by molar-refractivity contribution is 5.27. The summed E-state index contributed by atoms with van der Waals surface area (Å²) in [7, 11) is 0. The Kier molecular flexibility index (Phi) is 4.13. The van der Waals surface area contributed by atoms with Crippen LogP contribution in [0.3, 0.4) is 0 Å². The second-order valence-electron chi connectivity index (χ2n) is 4.66. The lowest BCUT2D eigenvalue weighted by molar-refractivity contribution is -0.137. The third kappa shape index (κ3) is 3.69. The number of hydrogen-bond donors (Lipinski definition) is 1. The van der Waals surface area contributed by atoms with E-state index < -0.39 is 17.8 Å². The molecule has 1 aromatic carbocycles. The summed E-state index contributed by atoms with van der Waals surface area (Å²) >= 11 is 0. The van der Waals surface area contributed by atoms with E-state index in [1.54, 1.807) is 6.92 Å². The fourth-order valence-corrected chi connectivity index (χ4v) is 1.87. The van der Waals surface area contributed by atoms with Gasteiger partial charge in [0.05, 0.1) is 24.5 Å². The van der Waals surface area contributed by atoms with Gasteiger partial charge >= 0.3 is 6.18 Å². The van der Waals surface area contributed by atoms with Crippen LogP contribution in [0.4, 0.5) is 13.2 Å². The Morgan fingerprint density at radius 2 is 2.05 bits per heavy atom. The van der Waals surface area contributed by atoms with Crippen molar-refractivity contribution in [2.45, 2.75) is 25.7 Å². The maximum absolute atomic E-state index is 12.6. The first-order valence-corrected chi connectivity index (χ1v) is 6.15. The highest BCUT2D eigenvalue weighted by atomic mass is 19.4. The molecule has 0 aliphatic carbocycles. The third-order valence-corrected chi connectivity index (χ3v) is 2.98. The molecule has 2 rings (SSSR count). The van der Waals surface area contributed by atoms with E-state index >= 15 is 0 Å². The number of nitrogens with zero attached hydrogens (tertiary/aromatic N) is 2. The summed E-state index contributed by atoms with van der Waals surface area (Å²) in [5, 5.41) is 10.0. The van der Waals surface area contributed by atoms with Crippen LogP contribution in [0.5, 0.6) is 0 Å². The van der Waals surface area contributed by atoms with Gasteiger partial charge < -0.3 is 5.11 Å². The largest absolute Gasteiger partial charge is 0.416 e. The molecule has 0 spiro atoms. The van der Waals surface area contributed by atoms with Gasteiger partial charge in [0.15, 0.2) is 0 Å². The van der Waals surface area contributed by atoms with Crippen LogP contribution in [0.15, 0.2) is 41.5 Å². The smallest absolute Gasteiger partial charge is 0.387 e. The summed E-state index contributed by atoms with van der Waals surface area (Å²) in [6, 6.07) is 5.69. The average molecular weight is 298 g/mol. The number of alkyl halides is 3. The lowest BCUT2D eigenvalue weighted by Crippen LogP contribution is -2.23. The molecule has 1 heterocycles. The van der Waals surface area contributed by atoms with E-state index in [4.69, 9.17) is 0 Å². The van der Waals surface area contributed by atoms with Crippen molar-refractivity contribution < 1.29 is 18.3 Å². The molecule has 0 radical (unpaired) electrons. The summed E-state index contributed by atoms with van der Waals surface area (Å²) in [4.78, 5) is 15.6. The molecule has 21 heavy (non-hydrogen) atoms. The normalized spacial score (nSPS) is 13.2. The molecule has 112 valence electrons. The molecule has 1 aromatic heterocycles. The number of benzene rings is 1. The maximum atomic E-state index is 12.6. The van der Waals surface area contributed by atoms with Crippen molar-refractivity contribution in [1.29, 1.82) is 0 Å². The van der Waals surface area contributed by atoms with Crippen molar-refractivity contribution in [3.05, 3.63) is 63.8 Å². The number of aliphatic hydroxyl groups is 1. The van der Waals surface area contributed by atoms with Crippen molar-refractivity contribution in [2.24, 2.45) is 0 Å². The fraction of sp³-hybridized carbons (Fsp3) is 0.286. The van der Waals surface area contributed by atoms with Crippen LogP contribution in [-0.2, 0) is 12.7 Å². The van der Waals surface area contributed by atoms with Gasteiger partial charge in [-0.05, 0) is 24.6 Å². The molecular weight excluding hydrogens is 285 g/mol. The lowest BCUT2D eigenvalue weighted by Gasteiger charge is -2.14. The van der Waals surface area contributed by atoms with Crippen molar-refractivity contribution in [1.82, 2.24) is 9.55 Å². The van der Waals surface area contributed by atoms with Crippen LogP contribution in [0, 0.1) is 6.92 Å². The Morgan fingerprint density at radius 1 is 1.33 bits per heavy atom. The zero-order chi connectivity index (χ0) is 15.6. The number of aryl methyl sites for hydroxylation is 1. The Balaban J connectivity index is 2.24. The highest BCUT2D eigenvalue weighted by Crippen LogP contribution is 2.30. The molecule has 0 saturated carbocycles. The van der Waals surface area contributed by atoms with Crippen molar-refractivity contribution >= 4 is 0 Å². The second kappa shape index (κ2) is 5.69. The van der Waals surface area contributed by atoms with Crippen molar-refractivity contribution in [3.8, 4) is 0 Å². The average Bonchev–Trinajstić information content (AvgIpc) is 2.41. The summed E-state index contributed by atoms with van der Waals surface area (Å²) < 4.78 is 39.0. The molecule has 0 amide bonds. The van der Waals surface area contributed by atoms with E-state index in [0.29, 0.717) is 5.69 Å². The Morgan fingerprint density at radius 3 is 2.67 bits per heavy atom. The Labute approximate surface area is 118 Å². The van der Waals surface area contributed by atoms with Gasteiger partial charge in [0.25, 0.3) is 5.56 Å². The van der Waals surface area contributed by atoms with Gasteiger partial charge in [0.1, 0.15) is 0 Å². The van der Waals surface area contributed by atoms with Gasteiger partial charge in [-0.25, -0.2) is 4.98 Å². The minimum absolute atomic E-state index is 0.0947. The zero-order valence-corrected chi connectivity index (χ0v) is 11.1. The predicted molar refractivity (Wildman–Crippen MR) is 69.6 cm³/mol. The molecular formula is C14H13F3N2O2. The Bertz CT molecular complexity index is 695. The topological polar surface area (TPSA) is 55.1 Å². The van der Waals surface area contributed by atoms with E-state index in [9.17, 15) is 23.1 Å². The lowest BCUT2D eigenvalue weighted by atomic mass is 10.1. The number of hydrogen-bond acceptors (Lipinski definition) is 3. The van der Waals surface area contributed by atoms with Crippen LogP contribution in [-0.4, -0.2) is 14.7 Å². The SMILES string of the molecule is Cc1cc(=O)n(CC(O)c2cccc(C(F)(F)F)c2)cn1. The first-order valence-electron chi connectivity index (χ1n) is 6.15. The monoisotopic (exact) mass is 298 g/mol. The van der Waals surface area contributed by atoms with E-state index in [0.717, 1.165) is 16.7 Å². The number of aliphatic hydroxyl groups excluding tert-OH is 1. The summed E-state index contributed by atoms with van der Waals surface area (Å²) in [6.45, 7) is 1.49. The maximum Gasteiger partial charge on any atom is 0.416 e. The van der Waals surface area contributed by atoms with E-state index in [-0.39, 0.29) is 17.7 Å². The quantitative estimate of drug-likeness (QED) is 0.946. The summed E-state index contributed by atoms with van der Waals surface area (Å²) in [5.74, 6) is 0. The van der Waals surface area contributed by atoms with Gasteiger partial charge in [-0.1, -0.05) is 12.1 Å². The molecule has 0 fully saturated rings. The van der Waals surface area contributed by atoms with Crippen molar-refractivity contribution in [2.75, 3.05) is 0 Å². The number of rotatable bonds is 3. The van der Waals surface area contributed by atoms with Crippen LogP contribution < -0.4 is 5.56 Å². The zero-order valence-electron chi connectivity index (χ0n) is 11.1. The van der Waals surface area contributed by atoms with E-state index in [1.807, 2.05) is 0 Å². The summed E-state index contributed by atoms with van der Waals surface area (Å²) in [5.41, 5.74) is -0.580. The molecule has 2 aromatic rings. The molecule has 1 atom stereocenters. The molecule has 4 nitrogen and oxygen atoms in total. The van der Waals surface area contributed by atoms with Gasteiger partial charge in [0.2, 0.25) is 0 Å². The molecule has 1 N–H and O–H groups in total. The van der Waals surface area contributed by atoms with Gasteiger partial charge in [-0.15, -0.1) is 0 Å². The predicted octanol–water partition coefficient (Wildman–Crippen LogP) is 2.30. The molecule has 1 unspecified atom stereocenters. The first-order chi connectivity index (χ1) is 9.77. The second-order valence-corrected chi connectivity index (χ2v) is 4.66. The molecule has 7 heteroatoms. The highest BCUT2D eigenvalue weighted by Gasteiger charge is 2.30. The number of aromatic nitrogens is 2. The van der Waals surface area contributed by atoms with Gasteiger partial charge in [-0.2, -0.15) is 13.2 Å². The molecule has 0 aliphatic heterocycles. The minimum atomic E-state index is -4.47. The molecule has 0 saturated heterocycles. The van der Waals surface area contributed by atoms with Crippen LogP contribution >= 0.6 is 0 Å². The first kappa shape index (κ1) is 15.2. The van der Waals surface area contributed by atoms with Crippen LogP contribution in [0.2, 0.25) is 0 Å². The minimum Gasteiger partial charge on any atom is -0.387 e. The van der Waals surface area contributed by atoms with Crippen LogP contribution in [0.25, 0.3) is 0 Å². The molecule has 0 aliphatic rings.